The van der Waals surface area contributed by atoms with Gasteiger partial charge in [-0.2, -0.15) is 0 Å². The van der Waals surface area contributed by atoms with Gasteiger partial charge in [0.15, 0.2) is 11.6 Å². The molecule has 1 aromatic carbocycles. The van der Waals surface area contributed by atoms with E-state index in [1.165, 1.54) is 0 Å². The summed E-state index contributed by atoms with van der Waals surface area (Å²) in [6, 6.07) is 11.1. The van der Waals surface area contributed by atoms with Gasteiger partial charge in [-0.05, 0) is 50.3 Å². The van der Waals surface area contributed by atoms with Crippen LogP contribution in [0, 0.1) is 5.82 Å². The minimum Gasteiger partial charge on any atom is -0.491 e. The van der Waals surface area contributed by atoms with Gasteiger partial charge in [0.05, 0.1) is 6.61 Å². The van der Waals surface area contributed by atoms with Crippen LogP contribution in [-0.2, 0) is 6.54 Å². The standard InChI is InChI=1S/C20H28FN3O.ClH/c1-4-5-14-25-19-10-9-17(15-18(19)21)16-24(13-12-23(2)3)20-8-6-7-11-22-20;/h6-11,15H,4-5,12-14,16H2,1-3H3;1H. The number of aromatic nitrogens is 1. The predicted octanol–water partition coefficient (Wildman–Crippen LogP) is 4.39. The monoisotopic (exact) mass is 381 g/mol. The molecule has 1 aromatic heterocycles. The van der Waals surface area contributed by atoms with Crippen LogP contribution in [0.1, 0.15) is 25.3 Å². The van der Waals surface area contributed by atoms with Crippen molar-refractivity contribution in [1.29, 1.82) is 0 Å². The molecule has 1 heterocycles. The maximum atomic E-state index is 14.3. The van der Waals surface area contributed by atoms with Crippen molar-refractivity contribution in [1.82, 2.24) is 9.88 Å². The van der Waals surface area contributed by atoms with E-state index in [0.717, 1.165) is 37.3 Å². The molecule has 0 unspecified atom stereocenters. The van der Waals surface area contributed by atoms with Crippen LogP contribution in [0.3, 0.4) is 0 Å². The minimum atomic E-state index is -0.304. The summed E-state index contributed by atoms with van der Waals surface area (Å²) in [5, 5.41) is 0. The summed E-state index contributed by atoms with van der Waals surface area (Å²) in [6.45, 7) is 4.97. The van der Waals surface area contributed by atoms with E-state index < -0.39 is 0 Å². The number of halogens is 2. The fraction of sp³-hybridized carbons (Fsp3) is 0.450. The Morgan fingerprint density at radius 3 is 2.54 bits per heavy atom. The first-order chi connectivity index (χ1) is 12.1. The van der Waals surface area contributed by atoms with Crippen molar-refractivity contribution in [3.8, 4) is 5.75 Å². The Labute approximate surface area is 162 Å². The van der Waals surface area contributed by atoms with Crippen molar-refractivity contribution in [2.24, 2.45) is 0 Å². The molecule has 0 atom stereocenters. The molecule has 2 aromatic rings. The Kier molecular flexibility index (Phi) is 9.99. The molecule has 0 aliphatic heterocycles. The number of unbranched alkanes of at least 4 members (excludes halogenated alkanes) is 1. The van der Waals surface area contributed by atoms with Gasteiger partial charge in [-0.1, -0.05) is 25.5 Å². The molecule has 2 rings (SSSR count). The van der Waals surface area contributed by atoms with E-state index >= 15 is 0 Å². The van der Waals surface area contributed by atoms with E-state index in [1.807, 2.05) is 38.4 Å². The minimum absolute atomic E-state index is 0. The molecule has 0 bridgehead atoms. The molecule has 0 saturated heterocycles. The quantitative estimate of drug-likeness (QED) is 0.571. The molecule has 0 N–H and O–H groups in total. The first-order valence-electron chi connectivity index (χ1n) is 8.82. The van der Waals surface area contributed by atoms with Crippen molar-refractivity contribution in [2.45, 2.75) is 26.3 Å². The van der Waals surface area contributed by atoms with Gasteiger partial charge in [-0.25, -0.2) is 9.37 Å². The Balaban J connectivity index is 0.00000338. The lowest BCUT2D eigenvalue weighted by atomic mass is 10.2. The Hall–Kier alpha value is -1.85. The van der Waals surface area contributed by atoms with E-state index in [9.17, 15) is 4.39 Å². The molecule has 4 nitrogen and oxygen atoms in total. The third-order valence-electron chi connectivity index (χ3n) is 3.92. The summed E-state index contributed by atoms with van der Waals surface area (Å²) in [4.78, 5) is 8.72. The van der Waals surface area contributed by atoms with Crippen molar-refractivity contribution in [3.05, 3.63) is 54.0 Å². The lowest BCUT2D eigenvalue weighted by Crippen LogP contribution is -2.31. The molecule has 26 heavy (non-hydrogen) atoms. The topological polar surface area (TPSA) is 28.6 Å². The Morgan fingerprint density at radius 1 is 1.12 bits per heavy atom. The number of hydrogen-bond acceptors (Lipinski definition) is 4. The molecule has 0 radical (unpaired) electrons. The highest BCUT2D eigenvalue weighted by Crippen LogP contribution is 2.21. The zero-order valence-corrected chi connectivity index (χ0v) is 16.6. The van der Waals surface area contributed by atoms with Crippen molar-refractivity contribution in [3.63, 3.8) is 0 Å². The van der Waals surface area contributed by atoms with E-state index in [0.29, 0.717) is 18.9 Å². The summed E-state index contributed by atoms with van der Waals surface area (Å²) in [5.41, 5.74) is 0.907. The van der Waals surface area contributed by atoms with Crippen LogP contribution < -0.4 is 9.64 Å². The summed E-state index contributed by atoms with van der Waals surface area (Å²) in [5.74, 6) is 0.921. The maximum absolute atomic E-state index is 14.3. The number of ether oxygens (including phenoxy) is 1. The maximum Gasteiger partial charge on any atom is 0.165 e. The number of anilines is 1. The molecule has 0 amide bonds. The van der Waals surface area contributed by atoms with E-state index in [2.05, 4.69) is 21.7 Å². The molecule has 6 heteroatoms. The highest BCUT2D eigenvalue weighted by molar-refractivity contribution is 5.85. The zero-order chi connectivity index (χ0) is 18.1. The fourth-order valence-corrected chi connectivity index (χ4v) is 2.44. The number of rotatable bonds is 10. The number of nitrogens with zero attached hydrogens (tertiary/aromatic N) is 3. The van der Waals surface area contributed by atoms with Gasteiger partial charge in [-0.3, -0.25) is 0 Å². The second-order valence-electron chi connectivity index (χ2n) is 6.38. The van der Waals surface area contributed by atoms with Crippen LogP contribution in [0.15, 0.2) is 42.6 Å². The average Bonchev–Trinajstić information content (AvgIpc) is 2.61. The molecular formula is C20H29ClFN3O. The summed E-state index contributed by atoms with van der Waals surface area (Å²) >= 11 is 0. The van der Waals surface area contributed by atoms with Crippen molar-refractivity contribution < 1.29 is 9.13 Å². The van der Waals surface area contributed by atoms with Crippen LogP contribution in [0.5, 0.6) is 5.75 Å². The third-order valence-corrected chi connectivity index (χ3v) is 3.92. The Morgan fingerprint density at radius 2 is 1.92 bits per heavy atom. The van der Waals surface area contributed by atoms with Gasteiger partial charge < -0.3 is 14.5 Å². The molecule has 0 saturated carbocycles. The first kappa shape index (κ1) is 22.2. The van der Waals surface area contributed by atoms with Crippen molar-refractivity contribution >= 4 is 18.2 Å². The van der Waals surface area contributed by atoms with E-state index in [1.54, 1.807) is 18.3 Å². The SMILES string of the molecule is CCCCOc1ccc(CN(CCN(C)C)c2ccccn2)cc1F.Cl. The molecule has 0 fully saturated rings. The van der Waals surface area contributed by atoms with Crippen LogP contribution >= 0.6 is 12.4 Å². The van der Waals surface area contributed by atoms with Crippen LogP contribution in [0.4, 0.5) is 10.2 Å². The first-order valence-corrected chi connectivity index (χ1v) is 8.82. The molecular weight excluding hydrogens is 353 g/mol. The smallest absolute Gasteiger partial charge is 0.165 e. The number of likely N-dealkylation sites (N-methyl/N-ethyl adjacent to an activating group) is 1. The Bertz CT molecular complexity index is 640. The second kappa shape index (κ2) is 11.7. The molecule has 144 valence electrons. The second-order valence-corrected chi connectivity index (χ2v) is 6.38. The van der Waals surface area contributed by atoms with Gasteiger partial charge >= 0.3 is 0 Å². The number of benzene rings is 1. The highest BCUT2D eigenvalue weighted by Gasteiger charge is 2.11. The summed E-state index contributed by atoms with van der Waals surface area (Å²) < 4.78 is 19.8. The largest absolute Gasteiger partial charge is 0.491 e. The predicted molar refractivity (Wildman–Crippen MR) is 108 cm³/mol. The normalized spacial score (nSPS) is 10.5. The van der Waals surface area contributed by atoms with E-state index in [-0.39, 0.29) is 18.2 Å². The summed E-state index contributed by atoms with van der Waals surface area (Å²) in [7, 11) is 4.08. The van der Waals surface area contributed by atoms with Gasteiger partial charge in [0.2, 0.25) is 0 Å². The van der Waals surface area contributed by atoms with Crippen molar-refractivity contribution in [2.75, 3.05) is 38.7 Å². The molecule has 0 aliphatic rings. The van der Waals surface area contributed by atoms with Gasteiger partial charge in [0.25, 0.3) is 0 Å². The molecule has 0 spiro atoms. The summed E-state index contributed by atoms with van der Waals surface area (Å²) in [6.07, 6.45) is 3.74. The van der Waals surface area contributed by atoms with Crippen LogP contribution in [0.25, 0.3) is 0 Å². The van der Waals surface area contributed by atoms with Crippen LogP contribution in [0.2, 0.25) is 0 Å². The third kappa shape index (κ3) is 7.18. The van der Waals surface area contributed by atoms with Gasteiger partial charge in [0.1, 0.15) is 5.82 Å². The average molecular weight is 382 g/mol. The van der Waals surface area contributed by atoms with Gasteiger partial charge in [-0.15, -0.1) is 12.4 Å². The van der Waals surface area contributed by atoms with Gasteiger partial charge in [0, 0.05) is 25.8 Å². The zero-order valence-electron chi connectivity index (χ0n) is 15.8. The highest BCUT2D eigenvalue weighted by atomic mass is 35.5. The lowest BCUT2D eigenvalue weighted by Gasteiger charge is -2.25. The molecule has 0 aliphatic carbocycles. The fourth-order valence-electron chi connectivity index (χ4n) is 2.44. The number of pyridine rings is 1. The lowest BCUT2D eigenvalue weighted by molar-refractivity contribution is 0.294. The number of hydrogen-bond donors (Lipinski definition) is 0. The van der Waals surface area contributed by atoms with Crippen LogP contribution in [-0.4, -0.2) is 43.7 Å². The van der Waals surface area contributed by atoms with E-state index in [4.69, 9.17) is 4.74 Å².